The van der Waals surface area contributed by atoms with E-state index in [0.29, 0.717) is 59.4 Å². The quantitative estimate of drug-likeness (QED) is 0.196. The summed E-state index contributed by atoms with van der Waals surface area (Å²) in [6.07, 6.45) is 1.34. The molecule has 45 heavy (non-hydrogen) atoms. The van der Waals surface area contributed by atoms with Gasteiger partial charge in [0.15, 0.2) is 23.1 Å². The van der Waals surface area contributed by atoms with Gasteiger partial charge in [-0.1, -0.05) is 6.07 Å². The van der Waals surface area contributed by atoms with E-state index >= 15 is 4.39 Å². The van der Waals surface area contributed by atoms with Crippen molar-refractivity contribution in [2.75, 3.05) is 39.5 Å². The normalized spacial score (nSPS) is 13.6. The molecule has 0 saturated carbocycles. The predicted octanol–water partition coefficient (Wildman–Crippen LogP) is 5.30. The molecule has 230 valence electrons. The molecule has 0 spiro atoms. The van der Waals surface area contributed by atoms with E-state index in [1.54, 1.807) is 43.5 Å². The Bertz CT molecular complexity index is 1910. The van der Waals surface area contributed by atoms with Crippen molar-refractivity contribution in [3.8, 4) is 23.1 Å². The Morgan fingerprint density at radius 3 is 2.53 bits per heavy atom. The SMILES string of the molecule is Cc1ccc(C(=O)Cc2ccc(Oc3ccnc4ccc(OCCN5CCOCC5)nc34)c(F)c2)c(=O)n1-c1ccc(F)cc1. The number of aryl methyl sites for hydroxylation is 1. The topological polar surface area (TPSA) is 95.8 Å². The highest BCUT2D eigenvalue weighted by Gasteiger charge is 2.18. The number of carbonyl (C=O) groups excluding carboxylic acids is 1. The van der Waals surface area contributed by atoms with Crippen molar-refractivity contribution < 1.29 is 27.8 Å². The number of pyridine rings is 3. The molecular formula is C34H30F2N4O5. The van der Waals surface area contributed by atoms with Gasteiger partial charge in [0, 0.05) is 55.8 Å². The number of nitrogens with zero attached hydrogens (tertiary/aromatic N) is 4. The maximum Gasteiger partial charge on any atom is 0.266 e. The average Bonchev–Trinajstić information content (AvgIpc) is 3.04. The molecule has 0 atom stereocenters. The Kier molecular flexibility index (Phi) is 8.90. The number of benzene rings is 2. The Balaban J connectivity index is 1.16. The van der Waals surface area contributed by atoms with Crippen LogP contribution in [0.3, 0.4) is 0 Å². The molecule has 0 unspecified atom stereocenters. The summed E-state index contributed by atoms with van der Waals surface area (Å²) in [5, 5.41) is 0. The van der Waals surface area contributed by atoms with E-state index in [4.69, 9.17) is 14.2 Å². The zero-order valence-electron chi connectivity index (χ0n) is 24.5. The number of carbonyl (C=O) groups is 1. The molecule has 2 aromatic carbocycles. The Hall–Kier alpha value is -5.00. The van der Waals surface area contributed by atoms with E-state index < -0.39 is 23.0 Å². The van der Waals surface area contributed by atoms with Crippen molar-refractivity contribution in [2.45, 2.75) is 13.3 Å². The van der Waals surface area contributed by atoms with Crippen molar-refractivity contribution >= 4 is 16.8 Å². The molecule has 4 heterocycles. The van der Waals surface area contributed by atoms with Crippen molar-refractivity contribution in [3.63, 3.8) is 0 Å². The zero-order chi connectivity index (χ0) is 31.3. The first-order chi connectivity index (χ1) is 21.9. The molecule has 0 N–H and O–H groups in total. The van der Waals surface area contributed by atoms with E-state index in [-0.39, 0.29) is 17.7 Å². The standard InChI is InChI=1S/C34H30F2N4O5/c1-22-2-8-26(34(42)40(22)25-6-4-24(35)5-7-25)29(41)21-23-3-10-30(27(36)20-23)45-31-12-13-37-28-9-11-32(38-33(28)31)44-19-16-39-14-17-43-18-15-39/h2-13,20H,14-19,21H2,1H3. The number of hydrogen-bond donors (Lipinski definition) is 0. The van der Waals surface area contributed by atoms with Gasteiger partial charge in [0.25, 0.3) is 5.56 Å². The van der Waals surface area contributed by atoms with Crippen LogP contribution in [0.4, 0.5) is 8.78 Å². The molecule has 1 aliphatic rings. The molecule has 0 aliphatic carbocycles. The van der Waals surface area contributed by atoms with Crippen LogP contribution >= 0.6 is 0 Å². The summed E-state index contributed by atoms with van der Waals surface area (Å²) in [6, 6.07) is 17.8. The number of Topliss-reactive ketones (excluding diaryl/α,β-unsaturated/α-hetero) is 1. The van der Waals surface area contributed by atoms with Gasteiger partial charge in [0.2, 0.25) is 5.88 Å². The first-order valence-corrected chi connectivity index (χ1v) is 14.5. The first-order valence-electron chi connectivity index (χ1n) is 14.5. The Morgan fingerprint density at radius 2 is 1.76 bits per heavy atom. The molecule has 1 aliphatic heterocycles. The van der Waals surface area contributed by atoms with E-state index in [1.165, 1.54) is 47.0 Å². The number of ether oxygens (including phenoxy) is 3. The molecule has 0 amide bonds. The molecule has 1 fully saturated rings. The Morgan fingerprint density at radius 1 is 0.956 bits per heavy atom. The second-order valence-corrected chi connectivity index (χ2v) is 10.6. The van der Waals surface area contributed by atoms with Gasteiger partial charge >= 0.3 is 0 Å². The molecule has 0 bridgehead atoms. The van der Waals surface area contributed by atoms with Crippen LogP contribution in [-0.2, 0) is 11.2 Å². The largest absolute Gasteiger partial charge is 0.476 e. The van der Waals surface area contributed by atoms with Crippen LogP contribution in [0.25, 0.3) is 16.7 Å². The average molecular weight is 613 g/mol. The monoisotopic (exact) mass is 612 g/mol. The lowest BCUT2D eigenvalue weighted by Crippen LogP contribution is -2.38. The minimum Gasteiger partial charge on any atom is -0.476 e. The van der Waals surface area contributed by atoms with Crippen LogP contribution in [0.2, 0.25) is 0 Å². The van der Waals surface area contributed by atoms with Crippen molar-refractivity contribution in [3.05, 3.63) is 118 Å². The predicted molar refractivity (Wildman–Crippen MR) is 164 cm³/mol. The van der Waals surface area contributed by atoms with Crippen molar-refractivity contribution in [2.24, 2.45) is 0 Å². The number of morpholine rings is 1. The van der Waals surface area contributed by atoms with Gasteiger partial charge in [-0.3, -0.25) is 24.0 Å². The minimum absolute atomic E-state index is 0.0528. The number of rotatable bonds is 10. The minimum atomic E-state index is -0.684. The number of aromatic nitrogens is 3. The van der Waals surface area contributed by atoms with Gasteiger partial charge < -0.3 is 14.2 Å². The van der Waals surface area contributed by atoms with Gasteiger partial charge in [0.05, 0.1) is 24.3 Å². The lowest BCUT2D eigenvalue weighted by atomic mass is 10.0. The highest BCUT2D eigenvalue weighted by molar-refractivity contribution is 5.97. The van der Waals surface area contributed by atoms with Crippen LogP contribution in [0.5, 0.6) is 17.4 Å². The molecule has 9 nitrogen and oxygen atoms in total. The van der Waals surface area contributed by atoms with Crippen LogP contribution < -0.4 is 15.0 Å². The van der Waals surface area contributed by atoms with E-state index in [0.717, 1.165) is 19.6 Å². The number of ketones is 1. The molecule has 5 aromatic rings. The fraction of sp³-hybridized carbons (Fsp3) is 0.235. The van der Waals surface area contributed by atoms with Crippen LogP contribution in [0.15, 0.2) is 83.8 Å². The summed E-state index contributed by atoms with van der Waals surface area (Å²) < 4.78 is 47.2. The number of hydrogen-bond acceptors (Lipinski definition) is 8. The Labute approximate surface area is 257 Å². The highest BCUT2D eigenvalue weighted by atomic mass is 19.1. The summed E-state index contributed by atoms with van der Waals surface area (Å²) >= 11 is 0. The van der Waals surface area contributed by atoms with Gasteiger partial charge in [-0.2, -0.15) is 0 Å². The summed E-state index contributed by atoms with van der Waals surface area (Å²) in [5.41, 5.74) is 1.77. The maximum absolute atomic E-state index is 15.3. The van der Waals surface area contributed by atoms with Crippen LogP contribution in [0, 0.1) is 18.6 Å². The summed E-state index contributed by atoms with van der Waals surface area (Å²) in [4.78, 5) is 37.5. The smallest absolute Gasteiger partial charge is 0.266 e. The van der Waals surface area contributed by atoms with Crippen molar-refractivity contribution in [1.29, 1.82) is 0 Å². The molecule has 6 rings (SSSR count). The first kappa shape index (κ1) is 30.0. The van der Waals surface area contributed by atoms with Gasteiger partial charge in [0.1, 0.15) is 17.9 Å². The number of fused-ring (bicyclic) bond motifs is 1. The van der Waals surface area contributed by atoms with Crippen molar-refractivity contribution in [1.82, 2.24) is 19.4 Å². The zero-order valence-corrected chi connectivity index (χ0v) is 24.5. The fourth-order valence-electron chi connectivity index (χ4n) is 5.14. The molecule has 0 radical (unpaired) electrons. The van der Waals surface area contributed by atoms with Gasteiger partial charge in [-0.15, -0.1) is 0 Å². The third-order valence-corrected chi connectivity index (χ3v) is 7.53. The van der Waals surface area contributed by atoms with Crippen LogP contribution in [-0.4, -0.2) is 64.7 Å². The highest BCUT2D eigenvalue weighted by Crippen LogP contribution is 2.31. The molecule has 11 heteroatoms. The lowest BCUT2D eigenvalue weighted by Gasteiger charge is -2.26. The van der Waals surface area contributed by atoms with E-state index in [1.807, 2.05) is 0 Å². The van der Waals surface area contributed by atoms with Crippen LogP contribution in [0.1, 0.15) is 21.6 Å². The second kappa shape index (κ2) is 13.3. The second-order valence-electron chi connectivity index (χ2n) is 10.6. The third kappa shape index (κ3) is 6.89. The van der Waals surface area contributed by atoms with Gasteiger partial charge in [-0.25, -0.2) is 13.8 Å². The molecule has 3 aromatic heterocycles. The molecular weight excluding hydrogens is 582 g/mol. The fourth-order valence-corrected chi connectivity index (χ4v) is 5.14. The number of halogens is 2. The van der Waals surface area contributed by atoms with E-state index in [9.17, 15) is 14.0 Å². The lowest BCUT2D eigenvalue weighted by molar-refractivity contribution is 0.0320. The summed E-state index contributed by atoms with van der Waals surface area (Å²) in [6.45, 7) is 6.05. The summed E-state index contributed by atoms with van der Waals surface area (Å²) in [5.74, 6) is -0.966. The third-order valence-electron chi connectivity index (χ3n) is 7.53. The summed E-state index contributed by atoms with van der Waals surface area (Å²) in [7, 11) is 0. The maximum atomic E-state index is 15.3. The molecule has 1 saturated heterocycles. The van der Waals surface area contributed by atoms with Gasteiger partial charge in [-0.05, 0) is 67.1 Å². The van der Waals surface area contributed by atoms with E-state index in [2.05, 4.69) is 14.9 Å².